The smallest absolute Gasteiger partial charge is 0.311 e. The van der Waals surface area contributed by atoms with Gasteiger partial charge in [0.15, 0.2) is 0 Å². The molecule has 4 nitrogen and oxygen atoms in total. The lowest BCUT2D eigenvalue weighted by Crippen LogP contribution is -2.27. The summed E-state index contributed by atoms with van der Waals surface area (Å²) in [4.78, 5) is 26.0. The zero-order chi connectivity index (χ0) is 20.3. The normalized spacial score (nSPS) is 16.2. The Bertz CT molecular complexity index is 371. The molecule has 0 aliphatic carbocycles. The fourth-order valence-corrected chi connectivity index (χ4v) is 3.40. The number of ether oxygens (including phenoxy) is 1. The van der Waals surface area contributed by atoms with E-state index >= 15 is 0 Å². The summed E-state index contributed by atoms with van der Waals surface area (Å²) in [7, 11) is 0. The van der Waals surface area contributed by atoms with Crippen LogP contribution >= 0.6 is 0 Å². The van der Waals surface area contributed by atoms with Crippen molar-refractivity contribution in [1.29, 1.82) is 0 Å². The summed E-state index contributed by atoms with van der Waals surface area (Å²) in [5, 5.41) is 0. The Hall–Kier alpha value is -1.06. The van der Waals surface area contributed by atoms with Gasteiger partial charge in [0.1, 0.15) is 0 Å². The van der Waals surface area contributed by atoms with Crippen molar-refractivity contribution in [2.75, 3.05) is 19.7 Å². The van der Waals surface area contributed by atoms with Crippen molar-refractivity contribution in [3.8, 4) is 0 Å². The van der Waals surface area contributed by atoms with Gasteiger partial charge in [-0.1, -0.05) is 91.9 Å². The van der Waals surface area contributed by atoms with E-state index in [2.05, 4.69) is 13.8 Å². The molecule has 160 valence electrons. The number of hydrogen-bond acceptors (Lipinski definition) is 3. The van der Waals surface area contributed by atoms with Crippen molar-refractivity contribution in [1.82, 2.24) is 4.90 Å². The van der Waals surface area contributed by atoms with Gasteiger partial charge in [-0.15, -0.1) is 0 Å². The van der Waals surface area contributed by atoms with E-state index in [4.69, 9.17) is 4.74 Å². The van der Waals surface area contributed by atoms with Crippen molar-refractivity contribution in [2.24, 2.45) is 5.92 Å². The van der Waals surface area contributed by atoms with Crippen LogP contribution in [0.4, 0.5) is 0 Å². The van der Waals surface area contributed by atoms with Gasteiger partial charge < -0.3 is 9.64 Å². The molecule has 0 aromatic rings. The molecule has 1 heterocycles. The summed E-state index contributed by atoms with van der Waals surface area (Å²) in [6.45, 7) is 10.3. The topological polar surface area (TPSA) is 46.6 Å². The first kappa shape index (κ1) is 25.9. The van der Waals surface area contributed by atoms with Crippen LogP contribution in [0.15, 0.2) is 0 Å². The van der Waals surface area contributed by atoms with Gasteiger partial charge in [-0.3, -0.25) is 9.59 Å². The molecule has 1 atom stereocenters. The average Bonchev–Trinajstić information content (AvgIpc) is 3.06. The predicted molar refractivity (Wildman–Crippen MR) is 114 cm³/mol. The molecule has 4 heteroatoms. The lowest BCUT2D eigenvalue weighted by Gasteiger charge is -2.16. The minimum Gasteiger partial charge on any atom is -0.465 e. The molecule has 27 heavy (non-hydrogen) atoms. The Morgan fingerprint density at radius 2 is 1.41 bits per heavy atom. The summed E-state index contributed by atoms with van der Waals surface area (Å²) < 4.78 is 5.38. The first-order valence-electron chi connectivity index (χ1n) is 11.6. The molecule has 1 fully saturated rings. The molecule has 1 unspecified atom stereocenters. The van der Waals surface area contributed by atoms with Crippen molar-refractivity contribution in [2.45, 2.75) is 111 Å². The number of rotatable bonds is 15. The third-order valence-corrected chi connectivity index (χ3v) is 5.07. The van der Waals surface area contributed by atoms with E-state index in [1.54, 1.807) is 0 Å². The standard InChI is InChI=1S/C21H39NO3.C2H6/c1-3-5-7-9-11-13-15-22-18-19(17-20(22)23)21(24)25-16-14-12-10-8-6-4-2;1-2/h19H,3-18H2,1-2H3;1-2H3. The Kier molecular flexibility index (Phi) is 17.6. The van der Waals surface area contributed by atoms with Gasteiger partial charge in [0.2, 0.25) is 5.91 Å². The van der Waals surface area contributed by atoms with Crippen LogP contribution in [0, 0.1) is 5.92 Å². The number of nitrogens with zero attached hydrogens (tertiary/aromatic N) is 1. The van der Waals surface area contributed by atoms with Crippen LogP contribution in [-0.4, -0.2) is 36.5 Å². The molecule has 0 radical (unpaired) electrons. The van der Waals surface area contributed by atoms with E-state index in [-0.39, 0.29) is 17.8 Å². The van der Waals surface area contributed by atoms with Crippen LogP contribution < -0.4 is 0 Å². The minimum absolute atomic E-state index is 0.120. The first-order chi connectivity index (χ1) is 13.2. The van der Waals surface area contributed by atoms with Crippen molar-refractivity contribution < 1.29 is 14.3 Å². The maximum atomic E-state index is 12.1. The molecular formula is C23H45NO3. The van der Waals surface area contributed by atoms with E-state index in [9.17, 15) is 9.59 Å². The molecule has 1 amide bonds. The molecule has 1 aliphatic heterocycles. The second-order valence-corrected chi connectivity index (χ2v) is 7.44. The number of amides is 1. The van der Waals surface area contributed by atoms with Crippen LogP contribution in [0.2, 0.25) is 0 Å². The maximum Gasteiger partial charge on any atom is 0.311 e. The number of likely N-dealkylation sites (tertiary alicyclic amines) is 1. The van der Waals surface area contributed by atoms with E-state index in [1.807, 2.05) is 18.7 Å². The van der Waals surface area contributed by atoms with Gasteiger partial charge in [-0.25, -0.2) is 0 Å². The monoisotopic (exact) mass is 383 g/mol. The number of esters is 1. The molecule has 0 aromatic heterocycles. The third kappa shape index (κ3) is 12.9. The van der Waals surface area contributed by atoms with Gasteiger partial charge in [0.25, 0.3) is 0 Å². The zero-order valence-electron chi connectivity index (χ0n) is 18.6. The Balaban J connectivity index is 0.00000326. The van der Waals surface area contributed by atoms with Crippen molar-refractivity contribution >= 4 is 11.9 Å². The quantitative estimate of drug-likeness (QED) is 0.252. The zero-order valence-corrected chi connectivity index (χ0v) is 18.6. The van der Waals surface area contributed by atoms with E-state index < -0.39 is 0 Å². The van der Waals surface area contributed by atoms with E-state index in [0.29, 0.717) is 19.6 Å². The molecule has 0 spiro atoms. The van der Waals surface area contributed by atoms with Crippen LogP contribution in [-0.2, 0) is 14.3 Å². The molecule has 0 aromatic carbocycles. The lowest BCUT2D eigenvalue weighted by atomic mass is 10.1. The number of carbonyl (C=O) groups excluding carboxylic acids is 2. The Labute approximate surface area is 168 Å². The number of hydrogen-bond donors (Lipinski definition) is 0. The average molecular weight is 384 g/mol. The minimum atomic E-state index is -0.243. The van der Waals surface area contributed by atoms with Crippen molar-refractivity contribution in [3.63, 3.8) is 0 Å². The fourth-order valence-electron chi connectivity index (χ4n) is 3.40. The summed E-state index contributed by atoms with van der Waals surface area (Å²) in [6, 6.07) is 0. The van der Waals surface area contributed by atoms with Crippen LogP contribution in [0.5, 0.6) is 0 Å². The summed E-state index contributed by atoms with van der Waals surface area (Å²) in [5.74, 6) is -0.296. The Morgan fingerprint density at radius 3 is 2.00 bits per heavy atom. The summed E-state index contributed by atoms with van der Waals surface area (Å²) in [6.07, 6.45) is 14.8. The van der Waals surface area contributed by atoms with Crippen LogP contribution in [0.1, 0.15) is 111 Å². The summed E-state index contributed by atoms with van der Waals surface area (Å²) in [5.41, 5.74) is 0. The number of unbranched alkanes of at least 4 members (excludes halogenated alkanes) is 10. The van der Waals surface area contributed by atoms with Gasteiger partial charge in [-0.2, -0.15) is 0 Å². The second-order valence-electron chi connectivity index (χ2n) is 7.44. The second kappa shape index (κ2) is 18.3. The molecule has 0 bridgehead atoms. The molecule has 1 aliphatic rings. The third-order valence-electron chi connectivity index (χ3n) is 5.07. The summed E-state index contributed by atoms with van der Waals surface area (Å²) >= 11 is 0. The maximum absolute atomic E-state index is 12.1. The molecule has 0 saturated carbocycles. The first-order valence-corrected chi connectivity index (χ1v) is 11.6. The largest absolute Gasteiger partial charge is 0.465 e. The van der Waals surface area contributed by atoms with E-state index in [1.165, 1.54) is 57.8 Å². The highest BCUT2D eigenvalue weighted by molar-refractivity contribution is 5.86. The fraction of sp³-hybridized carbons (Fsp3) is 0.913. The highest BCUT2D eigenvalue weighted by Crippen LogP contribution is 2.20. The Morgan fingerprint density at radius 1 is 0.889 bits per heavy atom. The number of carbonyl (C=O) groups is 2. The molecular weight excluding hydrogens is 338 g/mol. The van der Waals surface area contributed by atoms with Crippen molar-refractivity contribution in [3.05, 3.63) is 0 Å². The van der Waals surface area contributed by atoms with Gasteiger partial charge in [0.05, 0.1) is 12.5 Å². The van der Waals surface area contributed by atoms with Crippen LogP contribution in [0.3, 0.4) is 0 Å². The predicted octanol–water partition coefficient (Wildman–Crippen LogP) is 6.13. The highest BCUT2D eigenvalue weighted by atomic mass is 16.5. The van der Waals surface area contributed by atoms with E-state index in [0.717, 1.165) is 25.8 Å². The SMILES string of the molecule is CC.CCCCCCCCOC(=O)C1CC(=O)N(CCCCCCCC)C1. The van der Waals surface area contributed by atoms with Gasteiger partial charge in [0, 0.05) is 19.5 Å². The molecule has 1 rings (SSSR count). The lowest BCUT2D eigenvalue weighted by molar-refractivity contribution is -0.148. The highest BCUT2D eigenvalue weighted by Gasteiger charge is 2.34. The van der Waals surface area contributed by atoms with Gasteiger partial charge in [-0.05, 0) is 12.8 Å². The molecule has 1 saturated heterocycles. The van der Waals surface area contributed by atoms with Crippen LogP contribution in [0.25, 0.3) is 0 Å². The van der Waals surface area contributed by atoms with Gasteiger partial charge >= 0.3 is 5.97 Å². The molecule has 0 N–H and O–H groups in total.